The van der Waals surface area contributed by atoms with Crippen LogP contribution in [0.3, 0.4) is 0 Å². The Morgan fingerprint density at radius 3 is 1.04 bits per heavy atom. The van der Waals surface area contributed by atoms with Gasteiger partial charge in [0, 0.05) is 65.7 Å². The molecule has 548 valence electrons. The number of furan rings is 2. The van der Waals surface area contributed by atoms with E-state index in [1.54, 1.807) is 0 Å². The normalized spacial score (nSPS) is 11.9. The average molecular weight is 1510 g/mol. The third-order valence-electron chi connectivity index (χ3n) is 23.5. The van der Waals surface area contributed by atoms with Crippen LogP contribution < -0.4 is 0 Å². The smallest absolute Gasteiger partial charge is 0.164 e. The van der Waals surface area contributed by atoms with E-state index in [1.165, 1.54) is 21.5 Å². The molecule has 0 radical (unpaired) electrons. The van der Waals surface area contributed by atoms with Gasteiger partial charge in [-0.2, -0.15) is 0 Å². The molecule has 0 spiro atoms. The van der Waals surface area contributed by atoms with E-state index in [2.05, 4.69) is 349 Å². The topological polar surface area (TPSA) is 113 Å². The van der Waals surface area contributed by atoms with Gasteiger partial charge in [-0.05, 0) is 174 Å². The summed E-state index contributed by atoms with van der Waals surface area (Å²) in [4.78, 5) is 32.1. The van der Waals surface area contributed by atoms with Crippen LogP contribution in [0, 0.1) is 0 Å². The molecule has 10 heteroatoms. The molecule has 24 aromatic rings. The molecule has 0 atom stereocenters. The minimum atomic E-state index is 0.541. The average Bonchev–Trinajstić information content (AvgIpc) is 1.56. The van der Waals surface area contributed by atoms with Crippen molar-refractivity contribution < 1.29 is 8.83 Å². The highest BCUT2D eigenvalue weighted by atomic mass is 16.3. The van der Waals surface area contributed by atoms with Gasteiger partial charge in [0.2, 0.25) is 0 Å². The lowest BCUT2D eigenvalue weighted by molar-refractivity contribution is 0.668. The minimum Gasteiger partial charge on any atom is -0.456 e. The Morgan fingerprint density at radius 1 is 0.169 bits per heavy atom. The first kappa shape index (κ1) is 66.6. The van der Waals surface area contributed by atoms with Crippen molar-refractivity contribution in [1.29, 1.82) is 0 Å². The Labute approximate surface area is 675 Å². The first-order chi connectivity index (χ1) is 58.4. The number of fused-ring (bicyclic) bond motifs is 15. The highest BCUT2D eigenvalue weighted by Gasteiger charge is 2.28. The molecule has 118 heavy (non-hydrogen) atoms. The van der Waals surface area contributed by atoms with E-state index in [0.29, 0.717) is 34.9 Å². The molecule has 0 aliphatic rings. The number of rotatable bonds is 12. The molecule has 0 fully saturated rings. The molecule has 6 heterocycles. The number of hydrogen-bond donors (Lipinski definition) is 0. The lowest BCUT2D eigenvalue weighted by Gasteiger charge is -2.14. The molecule has 10 nitrogen and oxygen atoms in total. The summed E-state index contributed by atoms with van der Waals surface area (Å²) in [6.45, 7) is 0. The third-order valence-corrected chi connectivity index (χ3v) is 23.5. The monoisotopic (exact) mass is 1500 g/mol. The van der Waals surface area contributed by atoms with Crippen LogP contribution in [-0.4, -0.2) is 39.0 Å². The molecule has 0 unspecified atom stereocenters. The maximum atomic E-state index is 7.09. The molecule has 24 rings (SSSR count). The van der Waals surface area contributed by atoms with Gasteiger partial charge in [-0.1, -0.05) is 291 Å². The molecular weight excluding hydrogens is 1440 g/mol. The van der Waals surface area contributed by atoms with Crippen molar-refractivity contribution in [3.05, 3.63) is 388 Å². The van der Waals surface area contributed by atoms with Gasteiger partial charge in [0.05, 0.1) is 44.2 Å². The Kier molecular flexibility index (Phi) is 15.1. The number of para-hydroxylation sites is 2. The summed E-state index contributed by atoms with van der Waals surface area (Å²) in [5, 5.41) is 15.1. The Morgan fingerprint density at radius 2 is 0.517 bits per heavy atom. The van der Waals surface area contributed by atoms with Crippen LogP contribution in [0.5, 0.6) is 0 Å². The molecule has 0 aliphatic heterocycles. The van der Waals surface area contributed by atoms with Crippen molar-refractivity contribution in [3.63, 3.8) is 0 Å². The molecular formula is C108H64N8O2. The minimum absolute atomic E-state index is 0.541. The SMILES string of the molecule is c1ccc(-c2cc(-n3c4ccccc4c4cc(-c5cccc(-c6ccc7cc(-c8nc(-c9ccccc9)nc(-c9cccc%10oc%11cc(-c%12ccccc%12)cc(-n%12c%13ccccc%13c%13cc%14ccccc%14cc%13%12)c%11c9%10)n8)ccc7c6)c5)ccc43)c3c(c2)oc2cccc(-c4nc(-c5ccccc5)nc(-c5ccc6ccccc6c5)n4)c23)cc1. The maximum absolute atomic E-state index is 7.09. The van der Waals surface area contributed by atoms with Crippen LogP contribution in [0.1, 0.15) is 0 Å². The summed E-state index contributed by atoms with van der Waals surface area (Å²) in [6.07, 6.45) is 0. The van der Waals surface area contributed by atoms with Crippen LogP contribution in [0.2, 0.25) is 0 Å². The summed E-state index contributed by atoms with van der Waals surface area (Å²) in [7, 11) is 0. The van der Waals surface area contributed by atoms with Gasteiger partial charge in [0.1, 0.15) is 22.3 Å². The van der Waals surface area contributed by atoms with Crippen LogP contribution >= 0.6 is 0 Å². The molecule has 0 N–H and O–H groups in total. The lowest BCUT2D eigenvalue weighted by atomic mass is 9.96. The fourth-order valence-corrected chi connectivity index (χ4v) is 18.0. The second-order valence-corrected chi connectivity index (χ2v) is 30.4. The van der Waals surface area contributed by atoms with Crippen LogP contribution in [0.4, 0.5) is 0 Å². The summed E-state index contributed by atoms with van der Waals surface area (Å²) in [5.41, 5.74) is 23.2. The van der Waals surface area contributed by atoms with Crippen molar-refractivity contribution in [2.45, 2.75) is 0 Å². The quantitative estimate of drug-likeness (QED) is 0.119. The van der Waals surface area contributed by atoms with Crippen LogP contribution in [0.25, 0.3) is 244 Å². The highest BCUT2D eigenvalue weighted by molar-refractivity contribution is 6.22. The van der Waals surface area contributed by atoms with E-state index in [-0.39, 0.29) is 0 Å². The fourth-order valence-electron chi connectivity index (χ4n) is 18.0. The Hall–Kier alpha value is -16.0. The van der Waals surface area contributed by atoms with Gasteiger partial charge >= 0.3 is 0 Å². The number of benzene rings is 18. The zero-order valence-electron chi connectivity index (χ0n) is 63.3. The second kappa shape index (κ2) is 26.8. The molecule has 18 aromatic carbocycles. The molecule has 0 bridgehead atoms. The van der Waals surface area contributed by atoms with Gasteiger partial charge in [0.25, 0.3) is 0 Å². The van der Waals surface area contributed by atoms with Crippen molar-refractivity contribution in [2.75, 3.05) is 0 Å². The number of hydrogen-bond acceptors (Lipinski definition) is 8. The van der Waals surface area contributed by atoms with E-state index >= 15 is 0 Å². The van der Waals surface area contributed by atoms with Crippen molar-refractivity contribution in [3.8, 4) is 124 Å². The third kappa shape index (κ3) is 11.0. The predicted octanol–water partition coefficient (Wildman–Crippen LogP) is 28.2. The largest absolute Gasteiger partial charge is 0.456 e. The van der Waals surface area contributed by atoms with Crippen molar-refractivity contribution in [1.82, 2.24) is 39.0 Å². The summed E-state index contributed by atoms with van der Waals surface area (Å²) in [5.74, 6) is 3.39. The van der Waals surface area contributed by atoms with Gasteiger partial charge in [0.15, 0.2) is 34.9 Å². The van der Waals surface area contributed by atoms with Crippen LogP contribution in [-0.2, 0) is 0 Å². The number of aromatic nitrogens is 8. The first-order valence-electron chi connectivity index (χ1n) is 39.8. The van der Waals surface area contributed by atoms with E-state index in [1.807, 2.05) is 48.5 Å². The molecule has 0 saturated carbocycles. The Balaban J connectivity index is 0.610. The van der Waals surface area contributed by atoms with Gasteiger partial charge in [-0.25, -0.2) is 29.9 Å². The zero-order valence-corrected chi connectivity index (χ0v) is 63.3. The van der Waals surface area contributed by atoms with Crippen molar-refractivity contribution in [2.24, 2.45) is 0 Å². The van der Waals surface area contributed by atoms with E-state index < -0.39 is 0 Å². The van der Waals surface area contributed by atoms with Crippen LogP contribution in [0.15, 0.2) is 397 Å². The zero-order chi connectivity index (χ0) is 77.5. The first-order valence-corrected chi connectivity index (χ1v) is 39.8. The van der Waals surface area contributed by atoms with Gasteiger partial charge in [-0.15, -0.1) is 0 Å². The van der Waals surface area contributed by atoms with E-state index in [4.69, 9.17) is 38.7 Å². The summed E-state index contributed by atoms with van der Waals surface area (Å²) >= 11 is 0. The molecule has 6 aromatic heterocycles. The number of nitrogens with zero attached hydrogens (tertiary/aromatic N) is 8. The van der Waals surface area contributed by atoms with Crippen molar-refractivity contribution >= 4 is 120 Å². The maximum Gasteiger partial charge on any atom is 0.164 e. The Bertz CT molecular complexity index is 8250. The second-order valence-electron chi connectivity index (χ2n) is 30.4. The van der Waals surface area contributed by atoms with E-state index in [0.717, 1.165) is 188 Å². The molecule has 0 aliphatic carbocycles. The highest BCUT2D eigenvalue weighted by Crippen LogP contribution is 2.49. The predicted molar refractivity (Wildman–Crippen MR) is 483 cm³/mol. The van der Waals surface area contributed by atoms with Gasteiger partial charge in [-0.3, -0.25) is 0 Å². The van der Waals surface area contributed by atoms with E-state index in [9.17, 15) is 0 Å². The standard InChI is InChI=1S/C108H64N8O2/c1-5-24-65(25-6-1)81-61-93(101-97(63-81)117-95-44-22-40-85(99(95)101)107-111-103(68-29-9-3-10-30-68)109-105(113-107)79-50-46-67-28-13-14-33-70(67)56-79)115-89-42-19-17-38-83(89)87-59-78(52-53-91(87)115)72-37-21-36-71(54-72)75-47-48-77-57-80(51-49-76(77)55-75)106-110-104(69-31-11-4-12-32-69)112-108(114-106)86-41-23-45-96-100(86)102-94(62-82(64-98(102)118-96)66-26-7-2-8-27-66)116-90-43-20-18-39-84(90)88-58-73-34-15-16-35-74(73)60-92(88)116/h1-64H. The molecule has 0 saturated heterocycles. The lowest BCUT2D eigenvalue weighted by Crippen LogP contribution is -2.01. The summed E-state index contributed by atoms with van der Waals surface area (Å²) < 4.78 is 19.0. The van der Waals surface area contributed by atoms with Gasteiger partial charge < -0.3 is 18.0 Å². The molecule has 0 amide bonds. The summed E-state index contributed by atoms with van der Waals surface area (Å²) in [6, 6.07) is 138. The fraction of sp³-hybridized carbons (Fsp3) is 0.